The molecule has 0 amide bonds. The molecule has 0 spiro atoms. The quantitative estimate of drug-likeness (QED) is 0.238. The Morgan fingerprint density at radius 3 is 2.27 bits per heavy atom. The maximum Gasteiger partial charge on any atom is 0.337 e. The van der Waals surface area contributed by atoms with E-state index in [0.717, 1.165) is 36.1 Å². The van der Waals surface area contributed by atoms with Crippen molar-refractivity contribution in [1.82, 2.24) is 5.32 Å². The van der Waals surface area contributed by atoms with Crippen molar-refractivity contribution in [2.45, 2.75) is 31.9 Å². The first-order chi connectivity index (χ1) is 10.3. The fourth-order valence-corrected chi connectivity index (χ4v) is 4.28. The molecule has 6 nitrogen and oxygen atoms in total. The average Bonchev–Trinajstić information content (AvgIpc) is 2.46. The highest BCUT2D eigenvalue weighted by atomic mass is 28.4. The minimum atomic E-state index is -1.97. The minimum absolute atomic E-state index is 0.132. The number of rotatable bonds is 13. The molecule has 0 rings (SSSR count). The summed E-state index contributed by atoms with van der Waals surface area (Å²) in [5.74, 6) is -0.132. The van der Waals surface area contributed by atoms with Crippen LogP contribution in [0.1, 0.15) is 19.8 Å². The van der Waals surface area contributed by atoms with Gasteiger partial charge in [-0.25, -0.2) is 0 Å². The zero-order chi connectivity index (χ0) is 17.1. The molecule has 0 aliphatic carbocycles. The van der Waals surface area contributed by atoms with Crippen molar-refractivity contribution < 1.29 is 22.9 Å². The first-order valence-electron chi connectivity index (χ1n) is 8.05. The van der Waals surface area contributed by atoms with Gasteiger partial charge in [0.1, 0.15) is 13.2 Å². The van der Waals surface area contributed by atoms with Crippen LogP contribution < -0.4 is 5.32 Å². The Balaban J connectivity index is 3.63. The van der Waals surface area contributed by atoms with Gasteiger partial charge in [-0.1, -0.05) is 6.92 Å². The summed E-state index contributed by atoms with van der Waals surface area (Å²) >= 11 is 0. The second-order valence-electron chi connectivity index (χ2n) is 6.51. The van der Waals surface area contributed by atoms with Crippen molar-refractivity contribution in [2.75, 3.05) is 61.6 Å². The van der Waals surface area contributed by atoms with Crippen molar-refractivity contribution in [1.29, 1.82) is 0 Å². The molecule has 0 saturated heterocycles. The minimum Gasteiger partial charge on any atom is -0.460 e. The number of hydrogen-bond acceptors (Lipinski definition) is 5. The topological polar surface area (TPSA) is 56.8 Å². The summed E-state index contributed by atoms with van der Waals surface area (Å²) in [4.78, 5) is 11.6. The van der Waals surface area contributed by atoms with Gasteiger partial charge in [-0.15, -0.1) is 0 Å². The maximum absolute atomic E-state index is 11.6. The molecule has 0 aliphatic rings. The van der Waals surface area contributed by atoms with E-state index in [4.69, 9.17) is 13.6 Å². The third kappa shape index (κ3) is 10.3. The molecule has 0 aromatic carbocycles. The van der Waals surface area contributed by atoms with Gasteiger partial charge < -0.3 is 23.4 Å². The standard InChI is InChI=1S/C15H35N2O4Si/c1-7-22(19-5,20-6)14-8-10-16-11-9-15(18)21-13-12-17(2,3)4/h16H,7-14H2,1-6H3/q+1. The van der Waals surface area contributed by atoms with Crippen LogP contribution in [0.5, 0.6) is 0 Å². The number of quaternary nitrogens is 1. The van der Waals surface area contributed by atoms with E-state index in [9.17, 15) is 4.79 Å². The lowest BCUT2D eigenvalue weighted by atomic mass is 10.4. The van der Waals surface area contributed by atoms with Gasteiger partial charge in [0.05, 0.1) is 27.6 Å². The summed E-state index contributed by atoms with van der Waals surface area (Å²) in [6.45, 7) is 4.95. The number of hydrogen-bond donors (Lipinski definition) is 1. The number of nitrogens with zero attached hydrogens (tertiary/aromatic N) is 1. The van der Waals surface area contributed by atoms with Crippen LogP contribution in [0.3, 0.4) is 0 Å². The highest BCUT2D eigenvalue weighted by Gasteiger charge is 2.32. The average molecular weight is 336 g/mol. The molecule has 7 heteroatoms. The van der Waals surface area contributed by atoms with Gasteiger partial charge in [-0.05, 0) is 25.1 Å². The zero-order valence-electron chi connectivity index (χ0n) is 15.2. The second kappa shape index (κ2) is 11.1. The van der Waals surface area contributed by atoms with Crippen molar-refractivity contribution in [3.63, 3.8) is 0 Å². The molecule has 1 N–H and O–H groups in total. The molecular formula is C15H35N2O4Si+. The van der Waals surface area contributed by atoms with Crippen LogP contribution in [0, 0.1) is 0 Å². The first kappa shape index (κ1) is 21.5. The molecule has 0 heterocycles. The van der Waals surface area contributed by atoms with Crippen LogP contribution in [-0.4, -0.2) is 80.6 Å². The summed E-state index contributed by atoms with van der Waals surface area (Å²) in [6, 6.07) is 1.93. The predicted molar refractivity (Wildman–Crippen MR) is 91.0 cm³/mol. The lowest BCUT2D eigenvalue weighted by Crippen LogP contribution is -2.39. The highest BCUT2D eigenvalue weighted by Crippen LogP contribution is 2.18. The summed E-state index contributed by atoms with van der Waals surface area (Å²) in [5.41, 5.74) is 0. The van der Waals surface area contributed by atoms with Gasteiger partial charge in [-0.3, -0.25) is 4.79 Å². The number of carbonyl (C=O) groups is 1. The van der Waals surface area contributed by atoms with Gasteiger partial charge in [0, 0.05) is 20.8 Å². The maximum atomic E-state index is 11.6. The van der Waals surface area contributed by atoms with Crippen molar-refractivity contribution in [3.05, 3.63) is 0 Å². The largest absolute Gasteiger partial charge is 0.460 e. The molecule has 0 radical (unpaired) electrons. The number of likely N-dealkylation sites (N-methyl/N-ethyl adjacent to an activating group) is 1. The smallest absolute Gasteiger partial charge is 0.337 e. The van der Waals surface area contributed by atoms with Gasteiger partial charge >= 0.3 is 14.5 Å². The van der Waals surface area contributed by atoms with Gasteiger partial charge in [0.15, 0.2) is 0 Å². The molecule has 22 heavy (non-hydrogen) atoms. The lowest BCUT2D eigenvalue weighted by molar-refractivity contribution is -0.870. The SMILES string of the molecule is CC[Si](CCCNCCC(=O)OCC[N+](C)(C)C)(OC)OC. The number of carbonyl (C=O) groups excluding carboxylic acids is 1. The molecule has 0 atom stereocenters. The Bertz CT molecular complexity index is 296. The molecule has 0 aliphatic heterocycles. The van der Waals surface area contributed by atoms with Crippen molar-refractivity contribution >= 4 is 14.5 Å². The van der Waals surface area contributed by atoms with Gasteiger partial charge in [-0.2, -0.15) is 0 Å². The summed E-state index contributed by atoms with van der Waals surface area (Å²) < 4.78 is 17.1. The first-order valence-corrected chi connectivity index (χ1v) is 10.3. The number of esters is 1. The number of nitrogens with one attached hydrogen (secondary N) is 1. The van der Waals surface area contributed by atoms with E-state index in [0.29, 0.717) is 19.6 Å². The number of ether oxygens (including phenoxy) is 1. The van der Waals surface area contributed by atoms with E-state index in [-0.39, 0.29) is 5.97 Å². The van der Waals surface area contributed by atoms with Crippen LogP contribution in [0.25, 0.3) is 0 Å². The van der Waals surface area contributed by atoms with Crippen LogP contribution >= 0.6 is 0 Å². The van der Waals surface area contributed by atoms with Crippen LogP contribution in [0.15, 0.2) is 0 Å². The van der Waals surface area contributed by atoms with Crippen LogP contribution in [0.4, 0.5) is 0 Å². The van der Waals surface area contributed by atoms with E-state index in [1.807, 2.05) is 0 Å². The fourth-order valence-electron chi connectivity index (χ4n) is 2.06. The van der Waals surface area contributed by atoms with Crippen molar-refractivity contribution in [3.8, 4) is 0 Å². The van der Waals surface area contributed by atoms with Crippen LogP contribution in [0.2, 0.25) is 12.1 Å². The molecule has 0 fully saturated rings. The summed E-state index contributed by atoms with van der Waals surface area (Å²) in [5, 5.41) is 3.27. The monoisotopic (exact) mass is 335 g/mol. The molecule has 0 aromatic heterocycles. The summed E-state index contributed by atoms with van der Waals surface area (Å²) in [6.07, 6.45) is 1.42. The van der Waals surface area contributed by atoms with E-state index in [1.165, 1.54) is 0 Å². The Kier molecular flexibility index (Phi) is 10.9. The molecular weight excluding hydrogens is 300 g/mol. The van der Waals surface area contributed by atoms with E-state index in [1.54, 1.807) is 14.2 Å². The molecule has 0 saturated carbocycles. The van der Waals surface area contributed by atoms with E-state index < -0.39 is 8.56 Å². The molecule has 132 valence electrons. The molecule has 0 aromatic rings. The second-order valence-corrected chi connectivity index (χ2v) is 10.4. The Hall–Kier alpha value is -0.473. The van der Waals surface area contributed by atoms with Crippen molar-refractivity contribution in [2.24, 2.45) is 0 Å². The predicted octanol–water partition coefficient (Wildman–Crippen LogP) is 1.36. The third-order valence-electron chi connectivity index (χ3n) is 3.72. The third-order valence-corrected chi connectivity index (χ3v) is 7.41. The van der Waals surface area contributed by atoms with Gasteiger partial charge in [0.25, 0.3) is 0 Å². The Labute approximate surface area is 136 Å². The van der Waals surface area contributed by atoms with E-state index in [2.05, 4.69) is 33.4 Å². The normalized spacial score (nSPS) is 12.5. The Morgan fingerprint density at radius 2 is 1.77 bits per heavy atom. The highest BCUT2D eigenvalue weighted by molar-refractivity contribution is 6.67. The lowest BCUT2D eigenvalue weighted by Gasteiger charge is -2.25. The molecule has 0 bridgehead atoms. The Morgan fingerprint density at radius 1 is 1.14 bits per heavy atom. The van der Waals surface area contributed by atoms with Gasteiger partial charge in [0.2, 0.25) is 0 Å². The van der Waals surface area contributed by atoms with E-state index >= 15 is 0 Å². The zero-order valence-corrected chi connectivity index (χ0v) is 16.2. The fraction of sp³-hybridized carbons (Fsp3) is 0.933. The summed E-state index contributed by atoms with van der Waals surface area (Å²) in [7, 11) is 7.74. The van der Waals surface area contributed by atoms with Crippen LogP contribution in [-0.2, 0) is 18.4 Å². The molecule has 0 unspecified atom stereocenters.